The van der Waals surface area contributed by atoms with Crippen molar-refractivity contribution in [1.29, 1.82) is 0 Å². The van der Waals surface area contributed by atoms with Crippen LogP contribution in [0.15, 0.2) is 24.3 Å². The number of nitrogens with zero attached hydrogens (tertiary/aromatic N) is 2. The summed E-state index contributed by atoms with van der Waals surface area (Å²) in [6, 6.07) is 6.68. The number of halogens is 1. The Bertz CT molecular complexity index is 328. The molecule has 0 heterocycles. The van der Waals surface area contributed by atoms with Gasteiger partial charge in [0.15, 0.2) is 0 Å². The second-order valence-corrected chi connectivity index (χ2v) is 4.45. The van der Waals surface area contributed by atoms with Gasteiger partial charge in [0.1, 0.15) is 5.82 Å². The van der Waals surface area contributed by atoms with E-state index in [0.29, 0.717) is 0 Å². The van der Waals surface area contributed by atoms with E-state index < -0.39 is 0 Å². The van der Waals surface area contributed by atoms with Gasteiger partial charge in [-0.3, -0.25) is 0 Å². The van der Waals surface area contributed by atoms with Crippen LogP contribution in [0.4, 0.5) is 10.1 Å². The molecule has 0 bridgehead atoms. The molecule has 0 fully saturated rings. The van der Waals surface area contributed by atoms with E-state index in [1.54, 1.807) is 12.1 Å². The molecule has 0 radical (unpaired) electrons. The third-order valence-corrected chi connectivity index (χ3v) is 2.61. The lowest BCUT2D eigenvalue weighted by molar-refractivity contribution is 0.401. The van der Waals surface area contributed by atoms with Gasteiger partial charge in [-0.1, -0.05) is 6.07 Å². The van der Waals surface area contributed by atoms with Crippen LogP contribution < -0.4 is 10.2 Å². The van der Waals surface area contributed by atoms with Crippen LogP contribution in [-0.4, -0.2) is 52.2 Å². The molecule has 0 unspecified atom stereocenters. The van der Waals surface area contributed by atoms with Gasteiger partial charge in [-0.25, -0.2) is 4.39 Å². The normalized spacial score (nSPS) is 10.9. The molecule has 3 nitrogen and oxygen atoms in total. The number of hydrogen-bond acceptors (Lipinski definition) is 3. The standard InChI is InChI=1S/C13H22FN3/c1-16(2)9-7-15-8-10-17(3)13-6-4-5-12(14)11-13/h4-6,11,15H,7-10H2,1-3H3. The largest absolute Gasteiger partial charge is 0.373 e. The van der Waals surface area contributed by atoms with Crippen molar-refractivity contribution in [2.75, 3.05) is 52.2 Å². The van der Waals surface area contributed by atoms with Crippen molar-refractivity contribution in [3.8, 4) is 0 Å². The summed E-state index contributed by atoms with van der Waals surface area (Å²) in [4.78, 5) is 4.19. The topological polar surface area (TPSA) is 18.5 Å². The van der Waals surface area contributed by atoms with Crippen molar-refractivity contribution in [3.05, 3.63) is 30.1 Å². The zero-order valence-electron chi connectivity index (χ0n) is 10.9. The van der Waals surface area contributed by atoms with E-state index in [2.05, 4.69) is 24.3 Å². The smallest absolute Gasteiger partial charge is 0.125 e. The Morgan fingerprint density at radius 3 is 2.47 bits per heavy atom. The van der Waals surface area contributed by atoms with Gasteiger partial charge in [-0.05, 0) is 32.3 Å². The van der Waals surface area contributed by atoms with E-state index in [1.165, 1.54) is 6.07 Å². The minimum absolute atomic E-state index is 0.185. The van der Waals surface area contributed by atoms with Crippen LogP contribution in [0.25, 0.3) is 0 Å². The second kappa shape index (κ2) is 7.25. The maximum Gasteiger partial charge on any atom is 0.125 e. The summed E-state index contributed by atoms with van der Waals surface area (Å²) in [5, 5.41) is 3.35. The van der Waals surface area contributed by atoms with Gasteiger partial charge in [-0.2, -0.15) is 0 Å². The summed E-state index contributed by atoms with van der Waals surface area (Å²) in [6.07, 6.45) is 0. The maximum atomic E-state index is 13.0. The van der Waals surface area contributed by atoms with Gasteiger partial charge < -0.3 is 15.1 Å². The van der Waals surface area contributed by atoms with Crippen molar-refractivity contribution in [3.63, 3.8) is 0 Å². The SMILES string of the molecule is CN(C)CCNCCN(C)c1cccc(F)c1. The van der Waals surface area contributed by atoms with E-state index in [-0.39, 0.29) is 5.82 Å². The molecule has 0 spiro atoms. The molecular formula is C13H22FN3. The molecule has 0 saturated heterocycles. The Morgan fingerprint density at radius 2 is 1.82 bits per heavy atom. The Hall–Kier alpha value is -1.13. The van der Waals surface area contributed by atoms with E-state index in [9.17, 15) is 4.39 Å². The maximum absolute atomic E-state index is 13.0. The Kier molecular flexibility index (Phi) is 5.94. The quantitative estimate of drug-likeness (QED) is 0.726. The van der Waals surface area contributed by atoms with Gasteiger partial charge in [-0.15, -0.1) is 0 Å². The highest BCUT2D eigenvalue weighted by atomic mass is 19.1. The molecule has 0 saturated carbocycles. The molecule has 0 aliphatic carbocycles. The molecule has 1 rings (SSSR count). The van der Waals surface area contributed by atoms with Crippen LogP contribution >= 0.6 is 0 Å². The first-order chi connectivity index (χ1) is 8.09. The van der Waals surface area contributed by atoms with Crippen molar-refractivity contribution >= 4 is 5.69 Å². The zero-order valence-corrected chi connectivity index (χ0v) is 10.9. The molecule has 0 atom stereocenters. The predicted octanol–water partition coefficient (Wildman–Crippen LogP) is 1.41. The fourth-order valence-corrected chi connectivity index (χ4v) is 1.52. The van der Waals surface area contributed by atoms with Gasteiger partial charge >= 0.3 is 0 Å². The second-order valence-electron chi connectivity index (χ2n) is 4.45. The van der Waals surface area contributed by atoms with Gasteiger partial charge in [0.2, 0.25) is 0 Å². The van der Waals surface area contributed by atoms with Crippen LogP contribution in [0.2, 0.25) is 0 Å². The van der Waals surface area contributed by atoms with E-state index >= 15 is 0 Å². The average molecular weight is 239 g/mol. The minimum atomic E-state index is -0.185. The number of nitrogens with one attached hydrogen (secondary N) is 1. The van der Waals surface area contributed by atoms with Crippen molar-refractivity contribution in [1.82, 2.24) is 10.2 Å². The predicted molar refractivity (Wildman–Crippen MR) is 71.1 cm³/mol. The third-order valence-electron chi connectivity index (χ3n) is 2.61. The number of rotatable bonds is 7. The lowest BCUT2D eigenvalue weighted by atomic mass is 10.3. The van der Waals surface area contributed by atoms with E-state index in [4.69, 9.17) is 0 Å². The highest BCUT2D eigenvalue weighted by Crippen LogP contribution is 2.12. The molecule has 4 heteroatoms. The summed E-state index contributed by atoms with van der Waals surface area (Å²) < 4.78 is 13.0. The molecule has 17 heavy (non-hydrogen) atoms. The fraction of sp³-hybridized carbons (Fsp3) is 0.538. The van der Waals surface area contributed by atoms with Gasteiger partial charge in [0, 0.05) is 38.9 Å². The first kappa shape index (κ1) is 13.9. The Balaban J connectivity index is 2.23. The molecule has 96 valence electrons. The van der Waals surface area contributed by atoms with Gasteiger partial charge in [0.05, 0.1) is 0 Å². The molecular weight excluding hydrogens is 217 g/mol. The third kappa shape index (κ3) is 5.65. The summed E-state index contributed by atoms with van der Waals surface area (Å²) in [7, 11) is 6.09. The van der Waals surface area contributed by atoms with Crippen molar-refractivity contribution in [2.45, 2.75) is 0 Å². The molecule has 1 aromatic rings. The molecule has 1 aromatic carbocycles. The highest BCUT2D eigenvalue weighted by molar-refractivity contribution is 5.45. The number of anilines is 1. The van der Waals surface area contributed by atoms with Gasteiger partial charge in [0.25, 0.3) is 0 Å². The lowest BCUT2D eigenvalue weighted by Gasteiger charge is -2.20. The molecule has 1 N–H and O–H groups in total. The lowest BCUT2D eigenvalue weighted by Crippen LogP contribution is -2.33. The summed E-state index contributed by atoms with van der Waals surface area (Å²) in [6.45, 7) is 3.78. The number of hydrogen-bond donors (Lipinski definition) is 1. The monoisotopic (exact) mass is 239 g/mol. The van der Waals surface area contributed by atoms with Crippen LogP contribution in [0, 0.1) is 5.82 Å². The minimum Gasteiger partial charge on any atom is -0.373 e. The average Bonchev–Trinajstić information content (AvgIpc) is 2.28. The van der Waals surface area contributed by atoms with Crippen LogP contribution in [-0.2, 0) is 0 Å². The number of likely N-dealkylation sites (N-methyl/N-ethyl adjacent to an activating group) is 2. The molecule has 0 aliphatic heterocycles. The molecule has 0 aromatic heterocycles. The summed E-state index contributed by atoms with van der Waals surface area (Å²) in [5.74, 6) is -0.185. The molecule has 0 amide bonds. The van der Waals surface area contributed by atoms with Crippen LogP contribution in [0.1, 0.15) is 0 Å². The zero-order chi connectivity index (χ0) is 12.7. The first-order valence-corrected chi connectivity index (χ1v) is 5.92. The van der Waals surface area contributed by atoms with Crippen LogP contribution in [0.5, 0.6) is 0 Å². The fourth-order valence-electron chi connectivity index (χ4n) is 1.52. The van der Waals surface area contributed by atoms with E-state index in [1.807, 2.05) is 18.0 Å². The number of benzene rings is 1. The van der Waals surface area contributed by atoms with Crippen molar-refractivity contribution in [2.24, 2.45) is 0 Å². The summed E-state index contributed by atoms with van der Waals surface area (Å²) >= 11 is 0. The summed E-state index contributed by atoms with van der Waals surface area (Å²) in [5.41, 5.74) is 0.916. The van der Waals surface area contributed by atoms with E-state index in [0.717, 1.165) is 31.9 Å². The Morgan fingerprint density at radius 1 is 1.12 bits per heavy atom. The van der Waals surface area contributed by atoms with Crippen LogP contribution in [0.3, 0.4) is 0 Å². The Labute approximate surface area is 103 Å². The highest BCUT2D eigenvalue weighted by Gasteiger charge is 2.01. The first-order valence-electron chi connectivity index (χ1n) is 5.92. The van der Waals surface area contributed by atoms with Crippen molar-refractivity contribution < 1.29 is 4.39 Å². The molecule has 0 aliphatic rings.